The molecule has 12 aromatic heterocycles. The van der Waals surface area contributed by atoms with Crippen molar-refractivity contribution in [1.29, 1.82) is 0 Å². The third-order valence-electron chi connectivity index (χ3n) is 22.0. The van der Waals surface area contributed by atoms with E-state index in [2.05, 4.69) is 102 Å². The molecule has 2 fully saturated rings. The van der Waals surface area contributed by atoms with E-state index in [0.29, 0.717) is 164 Å². The maximum absolute atomic E-state index is 12.3. The molecule has 0 radical (unpaired) electrons. The quantitative estimate of drug-likeness (QED) is 0.0180. The number of nitrogens with zero attached hydrogens (tertiary/aromatic N) is 15. The number of fused-ring (bicyclic) bond motifs is 5. The highest BCUT2D eigenvalue weighted by Gasteiger charge is 2.31. The number of nitrogens with one attached hydrogen (secondary N) is 11. The molecule has 0 spiro atoms. The molecule has 0 bridgehead atoms. The van der Waals surface area contributed by atoms with Gasteiger partial charge in [0.25, 0.3) is 17.7 Å². The number of oxazole rings is 1. The lowest BCUT2D eigenvalue weighted by molar-refractivity contribution is 0.0244. The number of hydrogen-bond acceptors (Lipinski definition) is 31. The summed E-state index contributed by atoms with van der Waals surface area (Å²) in [4.78, 5) is 92.3. The van der Waals surface area contributed by atoms with Crippen LogP contribution in [0, 0.1) is 6.92 Å². The molecule has 43 heteroatoms. The van der Waals surface area contributed by atoms with E-state index >= 15 is 0 Å². The second-order valence-electron chi connectivity index (χ2n) is 32.3. The number of sulfonamides is 1. The van der Waals surface area contributed by atoms with Gasteiger partial charge in [0.05, 0.1) is 115 Å². The molecular formula is C95H104N26O16S. The first-order valence-corrected chi connectivity index (χ1v) is 45.3. The number of aryl methyl sites for hydroxylation is 4. The third kappa shape index (κ3) is 21.4. The molecule has 13 heterocycles. The molecule has 1 saturated carbocycles. The first-order chi connectivity index (χ1) is 66.7. The lowest BCUT2D eigenvalue weighted by Gasteiger charge is -2.23. The van der Waals surface area contributed by atoms with E-state index in [1.807, 2.05) is 132 Å². The van der Waals surface area contributed by atoms with Crippen LogP contribution in [0.2, 0.25) is 0 Å². The van der Waals surface area contributed by atoms with Gasteiger partial charge in [-0.1, -0.05) is 6.07 Å². The number of amides is 3. The first kappa shape index (κ1) is 94.8. The fourth-order valence-corrected chi connectivity index (χ4v) is 15.8. The average Bonchev–Trinajstić information content (AvgIpc) is 1.62. The van der Waals surface area contributed by atoms with Crippen LogP contribution in [0.5, 0.6) is 46.5 Å². The number of methoxy groups -OCH3 is 5. The minimum atomic E-state index is -3.64. The minimum absolute atomic E-state index is 0.0672. The number of carbonyl (C=O) groups is 3. The van der Waals surface area contributed by atoms with Crippen LogP contribution in [0.1, 0.15) is 76.5 Å². The van der Waals surface area contributed by atoms with Gasteiger partial charge in [0.15, 0.2) is 11.5 Å². The van der Waals surface area contributed by atoms with Gasteiger partial charge in [-0.15, -0.1) is 0 Å². The lowest BCUT2D eigenvalue weighted by atomic mass is 10.1. The largest absolute Gasteiger partial charge is 0.495 e. The maximum Gasteiger partial charge on any atom is 0.253 e. The van der Waals surface area contributed by atoms with Crippen LogP contribution in [0.25, 0.3) is 100 Å². The van der Waals surface area contributed by atoms with E-state index in [-0.39, 0.29) is 46.9 Å². The summed E-state index contributed by atoms with van der Waals surface area (Å²) in [6.45, 7) is 7.69. The standard InChI is InChI=1S/C27H28N6O6S.C24H28N6O4.C22H23N7O3.C22H25N7O3/c1-15-30-21-6-4-16(12-23(21)38-15)19-14-29-25-24(19)26(39-17-8-10-37-11-9-17)33-27(32-25)31-20-7-5-18(13-22(20)36-3)40(34,35)28-2;1-29(2)23(31)15-6-7-18(19(12-15)33-5)26-24-27-21-20(22(28-24)34-11-10-32-4)17(13-25-21)16-8-9-30(3)14-16;1-23-20(30)12-4-7-16(17(10-12)31-3)25-22-26-19-18(21(27-22)32-13-5-6-13)14(11-24-19)15-8-9-29(2)28-15;1-12(2)32-21-18-14(15-8-9-29(4)28-15)11-24-19(18)26-22(27-21)25-16-7-6-13(20(30)23-3)10-17(16)31-5/h4-7,12-14,17,28H,8-11H2,1-3H3,(H2,29,31,32,33);6-9,12-14H,10-11H2,1-5H3,(H2,25,26,27,28);4,7-11,13H,5-6H2,1-3H3,(H,23,30)(H2,24,25,26,27);6-12H,1-5H3,(H,23,30)(H2,24,25,26,27). The molecule has 138 heavy (non-hydrogen) atoms. The number of benzene rings is 5. The van der Waals surface area contributed by atoms with Gasteiger partial charge in [0, 0.05) is 176 Å². The predicted molar refractivity (Wildman–Crippen MR) is 520 cm³/mol. The number of ether oxygens (including phenoxy) is 10. The van der Waals surface area contributed by atoms with Gasteiger partial charge in [0.2, 0.25) is 57.3 Å². The SMILES string of the molecule is CNC(=O)c1ccc(Nc2nc(OC(C)C)c3c(-c4ccn(C)n4)c[nH]c3n2)c(OC)c1.CNC(=O)c1ccc(Nc2nc(OC3CC3)c3c(-c4ccn(C)n4)c[nH]c3n2)c(OC)c1.CNS(=O)(=O)c1ccc(Nc2nc(OC3CCOCC3)c3c(-c4ccc5nc(C)oc5c4)c[nH]c3n2)c(OC)c1.COCCOc1nc(Nc2ccc(C(=O)N(C)C)cc2OC)nc2[nH]cc(-c3ccn(C)c3)c12. The molecule has 0 atom stereocenters. The van der Waals surface area contributed by atoms with Crippen molar-refractivity contribution in [2.45, 2.75) is 69.7 Å². The van der Waals surface area contributed by atoms with Crippen LogP contribution in [0.15, 0.2) is 168 Å². The van der Waals surface area contributed by atoms with Crippen molar-refractivity contribution in [3.8, 4) is 91.3 Å². The molecular weight excluding hydrogens is 1790 g/mol. The number of aromatic nitrogens is 18. The van der Waals surface area contributed by atoms with Crippen molar-refractivity contribution in [3.05, 3.63) is 181 Å². The minimum Gasteiger partial charge on any atom is -0.495 e. The van der Waals surface area contributed by atoms with Crippen LogP contribution in [-0.2, 0) is 40.6 Å². The van der Waals surface area contributed by atoms with Crippen LogP contribution < -0.4 is 74.5 Å². The van der Waals surface area contributed by atoms with Gasteiger partial charge in [0.1, 0.15) is 69.9 Å². The predicted octanol–water partition coefficient (Wildman–Crippen LogP) is 14.0. The van der Waals surface area contributed by atoms with Crippen LogP contribution in [0.3, 0.4) is 0 Å². The molecule has 42 nitrogen and oxygen atoms in total. The summed E-state index contributed by atoms with van der Waals surface area (Å²) < 4.78 is 95.2. The second-order valence-corrected chi connectivity index (χ2v) is 34.2. The topological polar surface area (TPSA) is 498 Å². The fourth-order valence-electron chi connectivity index (χ4n) is 15.1. The van der Waals surface area contributed by atoms with Crippen LogP contribution in [0.4, 0.5) is 46.5 Å². The highest BCUT2D eigenvalue weighted by molar-refractivity contribution is 7.89. The van der Waals surface area contributed by atoms with Crippen molar-refractivity contribution >= 4 is 130 Å². The lowest BCUT2D eigenvalue weighted by Crippen LogP contribution is -2.26. The summed E-state index contributed by atoms with van der Waals surface area (Å²) in [5.74, 6) is 4.94. The Labute approximate surface area is 791 Å². The van der Waals surface area contributed by atoms with E-state index in [9.17, 15) is 22.8 Å². The van der Waals surface area contributed by atoms with Gasteiger partial charge in [-0.3, -0.25) is 23.7 Å². The van der Waals surface area contributed by atoms with Gasteiger partial charge in [-0.05, 0) is 136 Å². The smallest absolute Gasteiger partial charge is 0.253 e. The molecule has 1 aliphatic carbocycles. The van der Waals surface area contributed by atoms with Crippen molar-refractivity contribution in [1.82, 2.24) is 109 Å². The van der Waals surface area contributed by atoms with E-state index in [1.165, 1.54) is 38.3 Å². The molecule has 19 rings (SSSR count). The molecule has 17 aromatic rings. The van der Waals surface area contributed by atoms with E-state index in [1.54, 1.807) is 120 Å². The summed E-state index contributed by atoms with van der Waals surface area (Å²) in [6, 6.07) is 31.6. The van der Waals surface area contributed by atoms with Crippen LogP contribution in [-0.4, -0.2) is 235 Å². The molecule has 11 N–H and O–H groups in total. The molecule has 1 saturated heterocycles. The number of hydrogen-bond donors (Lipinski definition) is 11. The third-order valence-corrected chi connectivity index (χ3v) is 23.4. The highest BCUT2D eigenvalue weighted by Crippen LogP contribution is 2.44. The van der Waals surface area contributed by atoms with Crippen molar-refractivity contribution in [2.75, 3.05) is 118 Å². The number of anilines is 8. The zero-order valence-corrected chi connectivity index (χ0v) is 79.4. The van der Waals surface area contributed by atoms with E-state index in [0.717, 1.165) is 97.5 Å². The van der Waals surface area contributed by atoms with Crippen molar-refractivity contribution < 1.29 is 74.6 Å². The number of aromatic amines is 4. The van der Waals surface area contributed by atoms with Crippen LogP contribution >= 0.6 is 0 Å². The average molecular weight is 1900 g/mol. The first-order valence-electron chi connectivity index (χ1n) is 43.9. The summed E-state index contributed by atoms with van der Waals surface area (Å²) >= 11 is 0. The summed E-state index contributed by atoms with van der Waals surface area (Å²) in [6.07, 6.45) is 18.7. The summed E-state index contributed by atoms with van der Waals surface area (Å²) in [5, 5.41) is 30.0. The molecule has 716 valence electrons. The maximum atomic E-state index is 12.3. The molecule has 1 aliphatic heterocycles. The number of rotatable bonds is 31. The Balaban J connectivity index is 0.000000134. The van der Waals surface area contributed by atoms with E-state index < -0.39 is 10.0 Å². The van der Waals surface area contributed by atoms with Gasteiger partial charge < -0.3 is 113 Å². The van der Waals surface area contributed by atoms with Gasteiger partial charge >= 0.3 is 0 Å². The Morgan fingerprint density at radius 1 is 0.493 bits per heavy atom. The highest BCUT2D eigenvalue weighted by atomic mass is 32.2. The Morgan fingerprint density at radius 2 is 0.935 bits per heavy atom. The Hall–Kier alpha value is -16.4. The van der Waals surface area contributed by atoms with Crippen molar-refractivity contribution in [3.63, 3.8) is 0 Å². The zero-order chi connectivity index (χ0) is 97.2. The summed E-state index contributed by atoms with van der Waals surface area (Å²) in [5.41, 5.74) is 14.9. The molecule has 0 unspecified atom stereocenters. The Kier molecular flexibility index (Phi) is 28.6. The second kappa shape index (κ2) is 41.6. The normalized spacial score (nSPS) is 12.6. The van der Waals surface area contributed by atoms with Crippen molar-refractivity contribution in [2.24, 2.45) is 21.1 Å². The monoisotopic (exact) mass is 1900 g/mol. The van der Waals surface area contributed by atoms with E-state index in [4.69, 9.17) is 61.8 Å². The Bertz CT molecular complexity index is 7240. The summed E-state index contributed by atoms with van der Waals surface area (Å²) in [7, 11) is 17.7. The molecule has 5 aromatic carbocycles. The van der Waals surface area contributed by atoms with Gasteiger partial charge in [-0.25, -0.2) is 18.1 Å². The fraction of sp³-hybridized carbons (Fsp3) is 0.284. The zero-order valence-electron chi connectivity index (χ0n) is 78.5. The Morgan fingerprint density at radius 3 is 1.38 bits per heavy atom. The number of H-pyrrole nitrogens is 4. The number of carbonyl (C=O) groups excluding carboxylic acids is 3. The molecule has 3 amide bonds. The van der Waals surface area contributed by atoms with Gasteiger partial charge in [-0.2, -0.15) is 50.1 Å². The molecule has 2 aliphatic rings.